The van der Waals surface area contributed by atoms with Crippen molar-refractivity contribution in [2.75, 3.05) is 13.2 Å². The second kappa shape index (κ2) is 8.28. The molecule has 3 N–H and O–H groups in total. The van der Waals surface area contributed by atoms with E-state index in [0.29, 0.717) is 24.7 Å². The van der Waals surface area contributed by atoms with Gasteiger partial charge >= 0.3 is 6.03 Å². The highest BCUT2D eigenvalue weighted by Crippen LogP contribution is 2.18. The fraction of sp³-hybridized carbons (Fsp3) is 0.438. The molecule has 2 atom stereocenters. The van der Waals surface area contributed by atoms with Gasteiger partial charge in [-0.25, -0.2) is 4.79 Å². The van der Waals surface area contributed by atoms with Crippen LogP contribution in [0.2, 0.25) is 0 Å². The molecule has 1 heterocycles. The van der Waals surface area contributed by atoms with Crippen molar-refractivity contribution in [3.8, 4) is 11.4 Å². The van der Waals surface area contributed by atoms with Gasteiger partial charge in [0.1, 0.15) is 0 Å². The average molecular weight is 318 g/mol. The van der Waals surface area contributed by atoms with Gasteiger partial charge in [0, 0.05) is 24.8 Å². The fourth-order valence-electron chi connectivity index (χ4n) is 2.01. The smallest absolute Gasteiger partial charge is 0.315 e. The van der Waals surface area contributed by atoms with E-state index in [9.17, 15) is 4.79 Å². The predicted molar refractivity (Wildman–Crippen MR) is 85.8 cm³/mol. The van der Waals surface area contributed by atoms with E-state index in [1.54, 1.807) is 0 Å². The fourth-order valence-corrected chi connectivity index (χ4v) is 2.01. The van der Waals surface area contributed by atoms with Crippen LogP contribution in [0.25, 0.3) is 11.4 Å². The first-order chi connectivity index (χ1) is 11.1. The third-order valence-electron chi connectivity index (χ3n) is 3.40. The summed E-state index contributed by atoms with van der Waals surface area (Å²) in [5, 5.41) is 18.3. The lowest BCUT2D eigenvalue weighted by atomic mass is 10.2. The molecule has 0 saturated heterocycles. The zero-order chi connectivity index (χ0) is 16.7. The lowest BCUT2D eigenvalue weighted by molar-refractivity contribution is 0.230. The van der Waals surface area contributed by atoms with Crippen molar-refractivity contribution in [3.05, 3.63) is 36.2 Å². The van der Waals surface area contributed by atoms with Crippen LogP contribution >= 0.6 is 0 Å². The van der Waals surface area contributed by atoms with E-state index in [0.717, 1.165) is 5.56 Å². The quantitative estimate of drug-likeness (QED) is 0.724. The Balaban J connectivity index is 1.86. The summed E-state index contributed by atoms with van der Waals surface area (Å²) in [6.07, 6.45) is 0.521. The van der Waals surface area contributed by atoms with Crippen molar-refractivity contribution >= 4 is 6.03 Å². The molecule has 7 heteroatoms. The molecule has 2 amide bonds. The number of hydrogen-bond donors (Lipinski definition) is 3. The Kier molecular flexibility index (Phi) is 6.10. The van der Waals surface area contributed by atoms with Gasteiger partial charge in [0.25, 0.3) is 0 Å². The van der Waals surface area contributed by atoms with E-state index in [4.69, 9.17) is 9.63 Å². The van der Waals surface area contributed by atoms with E-state index in [1.165, 1.54) is 0 Å². The maximum absolute atomic E-state index is 11.7. The van der Waals surface area contributed by atoms with E-state index < -0.39 is 0 Å². The zero-order valence-corrected chi connectivity index (χ0v) is 13.3. The van der Waals surface area contributed by atoms with E-state index in [1.807, 2.05) is 44.2 Å². The molecule has 0 aliphatic carbocycles. The molecular weight excluding hydrogens is 296 g/mol. The highest BCUT2D eigenvalue weighted by molar-refractivity contribution is 5.74. The lowest BCUT2D eigenvalue weighted by Gasteiger charge is -2.14. The van der Waals surface area contributed by atoms with Crippen LogP contribution in [-0.4, -0.2) is 40.5 Å². The van der Waals surface area contributed by atoms with E-state index in [-0.39, 0.29) is 24.6 Å². The Hall–Kier alpha value is -2.41. The van der Waals surface area contributed by atoms with Gasteiger partial charge in [-0.1, -0.05) is 42.4 Å². The van der Waals surface area contributed by atoms with Crippen molar-refractivity contribution in [2.45, 2.75) is 32.2 Å². The number of carbonyl (C=O) groups excluding carboxylic acids is 1. The van der Waals surface area contributed by atoms with Gasteiger partial charge in [0.2, 0.25) is 11.7 Å². The summed E-state index contributed by atoms with van der Waals surface area (Å²) in [5.41, 5.74) is 0.887. The topological polar surface area (TPSA) is 100 Å². The minimum atomic E-state index is -0.277. The first kappa shape index (κ1) is 17.0. The summed E-state index contributed by atoms with van der Waals surface area (Å²) in [7, 11) is 0. The van der Waals surface area contributed by atoms with Crippen molar-refractivity contribution in [2.24, 2.45) is 0 Å². The number of aliphatic hydroxyl groups is 1. The number of hydrogen-bond acceptors (Lipinski definition) is 5. The highest BCUT2D eigenvalue weighted by atomic mass is 16.5. The Morgan fingerprint density at radius 3 is 2.74 bits per heavy atom. The lowest BCUT2D eigenvalue weighted by Crippen LogP contribution is -2.42. The van der Waals surface area contributed by atoms with Crippen LogP contribution in [0.5, 0.6) is 0 Å². The molecule has 1 aromatic carbocycles. The number of rotatable bonds is 7. The summed E-state index contributed by atoms with van der Waals surface area (Å²) >= 11 is 0. The predicted octanol–water partition coefficient (Wildman–Crippen LogP) is 1.91. The molecule has 0 spiro atoms. The number of nitrogens with zero attached hydrogens (tertiary/aromatic N) is 2. The summed E-state index contributed by atoms with van der Waals surface area (Å²) in [5.74, 6) is 0.917. The summed E-state index contributed by atoms with van der Waals surface area (Å²) in [4.78, 5) is 16.1. The first-order valence-electron chi connectivity index (χ1n) is 7.64. The number of aliphatic hydroxyl groups excluding tert-OH is 1. The second-order valence-electron chi connectivity index (χ2n) is 5.49. The minimum Gasteiger partial charge on any atom is -0.396 e. The number of benzene rings is 1. The summed E-state index contributed by atoms with van der Waals surface area (Å²) in [6, 6.07) is 9.21. The van der Waals surface area contributed by atoms with Crippen LogP contribution in [0.3, 0.4) is 0 Å². The van der Waals surface area contributed by atoms with Crippen LogP contribution in [0.4, 0.5) is 4.79 Å². The largest absolute Gasteiger partial charge is 0.396 e. The second-order valence-corrected chi connectivity index (χ2v) is 5.49. The molecule has 23 heavy (non-hydrogen) atoms. The molecule has 124 valence electrons. The molecule has 0 fully saturated rings. The van der Waals surface area contributed by atoms with E-state index >= 15 is 0 Å². The summed E-state index contributed by atoms with van der Waals surface area (Å²) < 4.78 is 5.27. The van der Waals surface area contributed by atoms with Crippen molar-refractivity contribution in [1.82, 2.24) is 20.8 Å². The maximum atomic E-state index is 11.7. The Labute approximate surface area is 135 Å². The standard InChI is InChI=1S/C16H22N4O3/c1-11(10-17-16(22)18-12(2)8-9-21)15-19-14(20-23-15)13-6-4-3-5-7-13/h3-7,11-12,21H,8-10H2,1-2H3,(H2,17,18,22)/t11?,12-/m1/s1. The zero-order valence-electron chi connectivity index (χ0n) is 13.3. The third kappa shape index (κ3) is 5.07. The Morgan fingerprint density at radius 2 is 2.04 bits per heavy atom. The molecular formula is C16H22N4O3. The van der Waals surface area contributed by atoms with Gasteiger partial charge in [-0.05, 0) is 13.3 Å². The number of aromatic nitrogens is 2. The highest BCUT2D eigenvalue weighted by Gasteiger charge is 2.16. The number of nitrogens with one attached hydrogen (secondary N) is 2. The normalized spacial score (nSPS) is 13.3. The van der Waals surface area contributed by atoms with Crippen molar-refractivity contribution in [3.63, 3.8) is 0 Å². The molecule has 0 aliphatic heterocycles. The first-order valence-corrected chi connectivity index (χ1v) is 7.64. The minimum absolute atomic E-state index is 0.0437. The van der Waals surface area contributed by atoms with Crippen LogP contribution in [-0.2, 0) is 0 Å². The van der Waals surface area contributed by atoms with Gasteiger partial charge in [-0.2, -0.15) is 4.98 Å². The average Bonchev–Trinajstić information content (AvgIpc) is 3.03. The molecule has 2 aromatic rings. The van der Waals surface area contributed by atoms with Crippen LogP contribution in [0.1, 0.15) is 32.1 Å². The summed E-state index contributed by atoms with van der Waals surface area (Å²) in [6.45, 7) is 4.17. The number of urea groups is 1. The molecule has 2 rings (SSSR count). The molecule has 0 radical (unpaired) electrons. The van der Waals surface area contributed by atoms with Gasteiger partial charge in [0.15, 0.2) is 0 Å². The van der Waals surface area contributed by atoms with Crippen molar-refractivity contribution in [1.29, 1.82) is 0 Å². The number of amides is 2. The maximum Gasteiger partial charge on any atom is 0.315 e. The van der Waals surface area contributed by atoms with Crippen LogP contribution in [0, 0.1) is 0 Å². The van der Waals surface area contributed by atoms with Gasteiger partial charge in [-0.15, -0.1) is 0 Å². The van der Waals surface area contributed by atoms with E-state index in [2.05, 4.69) is 20.8 Å². The third-order valence-corrected chi connectivity index (χ3v) is 3.40. The molecule has 0 aliphatic rings. The molecule has 7 nitrogen and oxygen atoms in total. The van der Waals surface area contributed by atoms with Gasteiger partial charge in [0.05, 0.1) is 5.92 Å². The van der Waals surface area contributed by atoms with Crippen LogP contribution < -0.4 is 10.6 Å². The SMILES string of the molecule is CC(CNC(=O)N[C@H](C)CCO)c1nc(-c2ccccc2)no1. The van der Waals surface area contributed by atoms with Crippen molar-refractivity contribution < 1.29 is 14.4 Å². The molecule has 1 aromatic heterocycles. The molecule has 1 unspecified atom stereocenters. The molecule has 0 bridgehead atoms. The van der Waals surface area contributed by atoms with Gasteiger partial charge in [-0.3, -0.25) is 0 Å². The van der Waals surface area contributed by atoms with Crippen LogP contribution in [0.15, 0.2) is 34.9 Å². The Bertz CT molecular complexity index is 615. The molecule has 0 saturated carbocycles. The monoisotopic (exact) mass is 318 g/mol. The Morgan fingerprint density at radius 1 is 1.30 bits per heavy atom. The van der Waals surface area contributed by atoms with Gasteiger partial charge < -0.3 is 20.3 Å². The number of carbonyl (C=O) groups is 1.